The minimum Gasteiger partial charge on any atom is -0.373 e. The number of hydrogen-bond acceptors (Lipinski definition) is 3. The first kappa shape index (κ1) is 16.5. The molecule has 0 aromatic rings. The molecule has 0 bridgehead atoms. The summed E-state index contributed by atoms with van der Waals surface area (Å²) >= 11 is 0. The number of halogens is 3. The Bertz CT molecular complexity index is 353. The normalized spacial score (nSPS) is 31.2. The predicted octanol–water partition coefficient (Wildman–Crippen LogP) is 1.80. The molecule has 0 aromatic carbocycles. The fourth-order valence-corrected chi connectivity index (χ4v) is 3.20. The highest BCUT2D eigenvalue weighted by molar-refractivity contribution is 5.79. The highest BCUT2D eigenvalue weighted by atomic mass is 19.4. The Morgan fingerprint density at radius 1 is 1.29 bits per heavy atom. The molecule has 1 atom stereocenters. The third-order valence-corrected chi connectivity index (χ3v) is 4.42. The standard InChI is InChI=1S/C14H23F3N2O2/c1-18-8-12-9-19(6-7-21-12)13(20)10-2-4-11(5-3-10)14(15,16)17/h10-12,18H,2-9H2,1H3. The fourth-order valence-electron chi connectivity index (χ4n) is 3.20. The van der Waals surface area contributed by atoms with Crippen LogP contribution in [0.4, 0.5) is 13.2 Å². The summed E-state index contributed by atoms with van der Waals surface area (Å²) in [5, 5.41) is 3.01. The van der Waals surface area contributed by atoms with E-state index >= 15 is 0 Å². The zero-order chi connectivity index (χ0) is 15.5. The van der Waals surface area contributed by atoms with E-state index in [1.165, 1.54) is 0 Å². The van der Waals surface area contributed by atoms with Crippen LogP contribution in [0, 0.1) is 11.8 Å². The lowest BCUT2D eigenvalue weighted by Gasteiger charge is -2.37. The molecule has 0 spiro atoms. The van der Waals surface area contributed by atoms with Crippen molar-refractivity contribution in [1.29, 1.82) is 0 Å². The Hall–Kier alpha value is -0.820. The summed E-state index contributed by atoms with van der Waals surface area (Å²) in [6.07, 6.45) is -3.31. The maximum absolute atomic E-state index is 12.6. The number of morpholine rings is 1. The van der Waals surface area contributed by atoms with E-state index in [9.17, 15) is 18.0 Å². The lowest BCUT2D eigenvalue weighted by Crippen LogP contribution is -2.50. The molecule has 1 heterocycles. The van der Waals surface area contributed by atoms with Gasteiger partial charge in [-0.3, -0.25) is 4.79 Å². The molecule has 2 rings (SSSR count). The van der Waals surface area contributed by atoms with Gasteiger partial charge in [0, 0.05) is 25.6 Å². The van der Waals surface area contributed by atoms with Gasteiger partial charge in [-0.2, -0.15) is 13.2 Å². The van der Waals surface area contributed by atoms with Gasteiger partial charge in [-0.15, -0.1) is 0 Å². The van der Waals surface area contributed by atoms with E-state index in [4.69, 9.17) is 4.74 Å². The summed E-state index contributed by atoms with van der Waals surface area (Å²) in [6, 6.07) is 0. The van der Waals surface area contributed by atoms with Crippen LogP contribution < -0.4 is 5.32 Å². The van der Waals surface area contributed by atoms with Crippen LogP contribution in [0.15, 0.2) is 0 Å². The fraction of sp³-hybridized carbons (Fsp3) is 0.929. The Morgan fingerprint density at radius 3 is 2.52 bits per heavy atom. The molecule has 1 unspecified atom stereocenters. The number of carbonyl (C=O) groups is 1. The Kier molecular flexibility index (Phi) is 5.48. The van der Waals surface area contributed by atoms with Crippen molar-refractivity contribution >= 4 is 5.91 Å². The van der Waals surface area contributed by atoms with E-state index in [0.717, 1.165) is 0 Å². The molecule has 1 N–H and O–H groups in total. The van der Waals surface area contributed by atoms with Crippen LogP contribution in [-0.2, 0) is 9.53 Å². The number of ether oxygens (including phenoxy) is 1. The first-order valence-electron chi connectivity index (χ1n) is 7.53. The van der Waals surface area contributed by atoms with Crippen LogP contribution in [-0.4, -0.2) is 56.4 Å². The molecule has 2 aliphatic rings. The minimum atomic E-state index is -4.12. The van der Waals surface area contributed by atoms with Crippen LogP contribution in [0.5, 0.6) is 0 Å². The van der Waals surface area contributed by atoms with E-state index < -0.39 is 12.1 Å². The van der Waals surface area contributed by atoms with Gasteiger partial charge in [0.25, 0.3) is 0 Å². The molecule has 7 heteroatoms. The van der Waals surface area contributed by atoms with Gasteiger partial charge in [0.05, 0.1) is 18.6 Å². The molecule has 122 valence electrons. The second-order valence-electron chi connectivity index (χ2n) is 5.92. The summed E-state index contributed by atoms with van der Waals surface area (Å²) in [7, 11) is 1.82. The topological polar surface area (TPSA) is 41.6 Å². The molecular formula is C14H23F3N2O2. The van der Waals surface area contributed by atoms with E-state index in [1.807, 2.05) is 7.05 Å². The molecule has 21 heavy (non-hydrogen) atoms. The monoisotopic (exact) mass is 308 g/mol. The van der Waals surface area contributed by atoms with E-state index in [-0.39, 0.29) is 30.8 Å². The van der Waals surface area contributed by atoms with Gasteiger partial charge in [-0.25, -0.2) is 0 Å². The van der Waals surface area contributed by atoms with Crippen molar-refractivity contribution in [1.82, 2.24) is 10.2 Å². The van der Waals surface area contributed by atoms with Gasteiger partial charge < -0.3 is 15.0 Å². The average molecular weight is 308 g/mol. The number of rotatable bonds is 3. The third-order valence-electron chi connectivity index (χ3n) is 4.42. The molecule has 0 radical (unpaired) electrons. The number of amides is 1. The highest BCUT2D eigenvalue weighted by Crippen LogP contribution is 2.40. The maximum Gasteiger partial charge on any atom is 0.391 e. The van der Waals surface area contributed by atoms with Crippen molar-refractivity contribution in [3.8, 4) is 0 Å². The number of hydrogen-bond donors (Lipinski definition) is 1. The number of nitrogens with zero attached hydrogens (tertiary/aromatic N) is 1. The quantitative estimate of drug-likeness (QED) is 0.864. The summed E-state index contributed by atoms with van der Waals surface area (Å²) in [5.41, 5.74) is 0. The van der Waals surface area contributed by atoms with Gasteiger partial charge in [0.2, 0.25) is 5.91 Å². The lowest BCUT2D eigenvalue weighted by molar-refractivity contribution is -0.185. The third kappa shape index (κ3) is 4.32. The molecule has 1 saturated heterocycles. The SMILES string of the molecule is CNCC1CN(C(=O)C2CCC(C(F)(F)F)CC2)CCO1. The second-order valence-corrected chi connectivity index (χ2v) is 5.92. The molecule has 0 aromatic heterocycles. The van der Waals surface area contributed by atoms with Crippen LogP contribution in [0.25, 0.3) is 0 Å². The lowest BCUT2D eigenvalue weighted by atomic mass is 9.81. The smallest absolute Gasteiger partial charge is 0.373 e. The zero-order valence-electron chi connectivity index (χ0n) is 12.3. The maximum atomic E-state index is 12.6. The first-order valence-corrected chi connectivity index (χ1v) is 7.53. The molecule has 1 saturated carbocycles. The zero-order valence-corrected chi connectivity index (χ0v) is 12.3. The molecule has 4 nitrogen and oxygen atoms in total. The van der Waals surface area contributed by atoms with Gasteiger partial charge in [0.15, 0.2) is 0 Å². The van der Waals surface area contributed by atoms with Crippen molar-refractivity contribution in [3.63, 3.8) is 0 Å². The molecule has 1 aliphatic carbocycles. The van der Waals surface area contributed by atoms with E-state index in [2.05, 4.69) is 5.32 Å². The molecule has 2 fully saturated rings. The summed E-state index contributed by atoms with van der Waals surface area (Å²) in [5.74, 6) is -1.49. The van der Waals surface area contributed by atoms with Gasteiger partial charge >= 0.3 is 6.18 Å². The number of nitrogens with one attached hydrogen (secondary N) is 1. The molecule has 1 aliphatic heterocycles. The van der Waals surface area contributed by atoms with Gasteiger partial charge in [-0.1, -0.05) is 0 Å². The molecule has 1 amide bonds. The van der Waals surface area contributed by atoms with Crippen molar-refractivity contribution < 1.29 is 22.7 Å². The Labute approximate surface area is 123 Å². The van der Waals surface area contributed by atoms with Crippen molar-refractivity contribution in [2.45, 2.75) is 38.0 Å². The summed E-state index contributed by atoms with van der Waals surface area (Å²) < 4.78 is 43.5. The van der Waals surface area contributed by atoms with E-state index in [0.29, 0.717) is 39.1 Å². The number of likely N-dealkylation sites (N-methyl/N-ethyl adjacent to an activating group) is 1. The van der Waals surface area contributed by atoms with Crippen LogP contribution in [0.1, 0.15) is 25.7 Å². The van der Waals surface area contributed by atoms with E-state index in [1.54, 1.807) is 4.90 Å². The van der Waals surface area contributed by atoms with Crippen molar-refractivity contribution in [2.24, 2.45) is 11.8 Å². The predicted molar refractivity (Wildman–Crippen MR) is 71.7 cm³/mol. The van der Waals surface area contributed by atoms with Crippen molar-refractivity contribution in [3.05, 3.63) is 0 Å². The van der Waals surface area contributed by atoms with Crippen LogP contribution in [0.3, 0.4) is 0 Å². The first-order chi connectivity index (χ1) is 9.91. The minimum absolute atomic E-state index is 0.0000255. The number of alkyl halides is 3. The average Bonchev–Trinajstić information content (AvgIpc) is 2.46. The van der Waals surface area contributed by atoms with Gasteiger partial charge in [0.1, 0.15) is 0 Å². The second kappa shape index (κ2) is 6.96. The summed E-state index contributed by atoms with van der Waals surface area (Å²) in [6.45, 7) is 2.23. The Balaban J connectivity index is 1.84. The van der Waals surface area contributed by atoms with Gasteiger partial charge in [-0.05, 0) is 32.7 Å². The van der Waals surface area contributed by atoms with Crippen LogP contribution in [0.2, 0.25) is 0 Å². The summed E-state index contributed by atoms with van der Waals surface area (Å²) in [4.78, 5) is 14.2. The largest absolute Gasteiger partial charge is 0.391 e. The van der Waals surface area contributed by atoms with Crippen LogP contribution >= 0.6 is 0 Å². The number of carbonyl (C=O) groups excluding carboxylic acids is 1. The van der Waals surface area contributed by atoms with Crippen molar-refractivity contribution in [2.75, 3.05) is 33.3 Å². The molecular weight excluding hydrogens is 285 g/mol. The Morgan fingerprint density at radius 2 is 1.95 bits per heavy atom. The highest BCUT2D eigenvalue weighted by Gasteiger charge is 2.43.